The number of rotatable bonds is 3. The second-order valence-corrected chi connectivity index (χ2v) is 3.94. The standard InChI is InChI=1S/C14H13NO2/c1-16-13-5-3-2-4-12(13)15-11-7-6-10-9-17-14(10)8-11/h2-8,15H,9H2,1H3. The van der Waals surface area contributed by atoms with E-state index < -0.39 is 0 Å². The Kier molecular flexibility index (Phi) is 2.37. The molecule has 17 heavy (non-hydrogen) atoms. The fourth-order valence-electron chi connectivity index (χ4n) is 1.86. The van der Waals surface area contributed by atoms with Crippen molar-refractivity contribution in [3.05, 3.63) is 48.0 Å². The minimum atomic E-state index is 0.726. The van der Waals surface area contributed by atoms with Crippen molar-refractivity contribution in [3.8, 4) is 11.5 Å². The maximum Gasteiger partial charge on any atom is 0.142 e. The molecule has 0 amide bonds. The molecule has 0 saturated carbocycles. The van der Waals surface area contributed by atoms with Crippen molar-refractivity contribution in [2.45, 2.75) is 6.61 Å². The molecule has 0 radical (unpaired) electrons. The number of hydrogen-bond acceptors (Lipinski definition) is 3. The number of benzene rings is 2. The van der Waals surface area contributed by atoms with Gasteiger partial charge in [-0.3, -0.25) is 0 Å². The second-order valence-electron chi connectivity index (χ2n) is 3.94. The Labute approximate surface area is 100.0 Å². The van der Waals surface area contributed by atoms with E-state index in [0.717, 1.165) is 29.5 Å². The molecule has 0 unspecified atom stereocenters. The topological polar surface area (TPSA) is 30.5 Å². The van der Waals surface area contributed by atoms with Crippen LogP contribution in [0.15, 0.2) is 42.5 Å². The molecule has 1 aliphatic rings. The van der Waals surface area contributed by atoms with Gasteiger partial charge in [-0.05, 0) is 24.3 Å². The molecule has 2 aromatic rings. The van der Waals surface area contributed by atoms with E-state index in [1.54, 1.807) is 7.11 Å². The first-order chi connectivity index (χ1) is 8.36. The molecule has 3 nitrogen and oxygen atoms in total. The van der Waals surface area contributed by atoms with Gasteiger partial charge in [0.05, 0.1) is 12.8 Å². The Bertz CT molecular complexity index is 552. The van der Waals surface area contributed by atoms with Crippen molar-refractivity contribution in [2.24, 2.45) is 0 Å². The van der Waals surface area contributed by atoms with Crippen LogP contribution in [0.4, 0.5) is 11.4 Å². The van der Waals surface area contributed by atoms with Crippen LogP contribution in [0.1, 0.15) is 5.56 Å². The van der Waals surface area contributed by atoms with E-state index in [9.17, 15) is 0 Å². The molecule has 1 aliphatic heterocycles. The fraction of sp³-hybridized carbons (Fsp3) is 0.143. The molecular formula is C14H13NO2. The Morgan fingerprint density at radius 1 is 1.18 bits per heavy atom. The summed E-state index contributed by atoms with van der Waals surface area (Å²) in [6, 6.07) is 14.0. The van der Waals surface area contributed by atoms with Crippen LogP contribution in [0.5, 0.6) is 11.5 Å². The molecule has 0 bridgehead atoms. The molecule has 0 saturated heterocycles. The number of ether oxygens (including phenoxy) is 2. The Hall–Kier alpha value is -2.16. The lowest BCUT2D eigenvalue weighted by Gasteiger charge is -2.21. The molecule has 2 aromatic carbocycles. The maximum atomic E-state index is 5.34. The minimum Gasteiger partial charge on any atom is -0.495 e. The maximum absolute atomic E-state index is 5.34. The zero-order chi connectivity index (χ0) is 11.7. The second kappa shape index (κ2) is 4.01. The van der Waals surface area contributed by atoms with E-state index in [1.807, 2.05) is 36.4 Å². The van der Waals surface area contributed by atoms with Gasteiger partial charge < -0.3 is 14.8 Å². The first-order valence-electron chi connectivity index (χ1n) is 5.52. The lowest BCUT2D eigenvalue weighted by atomic mass is 10.1. The van der Waals surface area contributed by atoms with Gasteiger partial charge in [-0.15, -0.1) is 0 Å². The van der Waals surface area contributed by atoms with Gasteiger partial charge in [0, 0.05) is 17.3 Å². The molecule has 3 heteroatoms. The zero-order valence-corrected chi connectivity index (χ0v) is 9.57. The third kappa shape index (κ3) is 1.80. The van der Waals surface area contributed by atoms with Crippen molar-refractivity contribution < 1.29 is 9.47 Å². The van der Waals surface area contributed by atoms with Crippen molar-refractivity contribution in [1.82, 2.24) is 0 Å². The summed E-state index contributed by atoms with van der Waals surface area (Å²) < 4.78 is 10.6. The normalized spacial score (nSPS) is 12.1. The van der Waals surface area contributed by atoms with E-state index in [4.69, 9.17) is 9.47 Å². The summed E-state index contributed by atoms with van der Waals surface area (Å²) in [5.74, 6) is 1.79. The van der Waals surface area contributed by atoms with Gasteiger partial charge in [0.2, 0.25) is 0 Å². The van der Waals surface area contributed by atoms with E-state index in [1.165, 1.54) is 5.56 Å². The zero-order valence-electron chi connectivity index (χ0n) is 9.57. The number of nitrogens with one attached hydrogen (secondary N) is 1. The van der Waals surface area contributed by atoms with Crippen molar-refractivity contribution in [2.75, 3.05) is 12.4 Å². The van der Waals surface area contributed by atoms with E-state index in [0.29, 0.717) is 0 Å². The van der Waals surface area contributed by atoms with Crippen LogP contribution >= 0.6 is 0 Å². The van der Waals surface area contributed by atoms with Crippen LogP contribution in [0, 0.1) is 0 Å². The van der Waals surface area contributed by atoms with E-state index in [2.05, 4.69) is 11.4 Å². The fourth-order valence-corrected chi connectivity index (χ4v) is 1.86. The van der Waals surface area contributed by atoms with E-state index in [-0.39, 0.29) is 0 Å². The molecule has 3 rings (SSSR count). The third-order valence-corrected chi connectivity index (χ3v) is 2.84. The lowest BCUT2D eigenvalue weighted by molar-refractivity contribution is 0.243. The molecule has 0 spiro atoms. The largest absolute Gasteiger partial charge is 0.495 e. The Balaban J connectivity index is 1.88. The first kappa shape index (κ1) is 10.0. The van der Waals surface area contributed by atoms with E-state index >= 15 is 0 Å². The summed E-state index contributed by atoms with van der Waals surface area (Å²) in [6.45, 7) is 0.726. The van der Waals surface area contributed by atoms with Crippen LogP contribution in [0.2, 0.25) is 0 Å². The van der Waals surface area contributed by atoms with Crippen molar-refractivity contribution in [3.63, 3.8) is 0 Å². The summed E-state index contributed by atoms with van der Waals surface area (Å²) in [5, 5.41) is 3.32. The van der Waals surface area contributed by atoms with Crippen molar-refractivity contribution in [1.29, 1.82) is 0 Å². The van der Waals surface area contributed by atoms with Crippen LogP contribution in [0.25, 0.3) is 0 Å². The molecule has 0 aromatic heterocycles. The highest BCUT2D eigenvalue weighted by Crippen LogP contribution is 2.34. The molecule has 1 N–H and O–H groups in total. The molecule has 86 valence electrons. The Morgan fingerprint density at radius 2 is 2.06 bits per heavy atom. The van der Waals surface area contributed by atoms with Gasteiger partial charge in [0.1, 0.15) is 18.1 Å². The predicted molar refractivity (Wildman–Crippen MR) is 67.1 cm³/mol. The van der Waals surface area contributed by atoms with Gasteiger partial charge in [0.25, 0.3) is 0 Å². The number of para-hydroxylation sites is 2. The third-order valence-electron chi connectivity index (χ3n) is 2.84. The lowest BCUT2D eigenvalue weighted by Crippen LogP contribution is -2.09. The Morgan fingerprint density at radius 3 is 2.76 bits per heavy atom. The highest BCUT2D eigenvalue weighted by Gasteiger charge is 2.14. The summed E-state index contributed by atoms with van der Waals surface area (Å²) >= 11 is 0. The van der Waals surface area contributed by atoms with Gasteiger partial charge >= 0.3 is 0 Å². The van der Waals surface area contributed by atoms with Gasteiger partial charge in [-0.1, -0.05) is 12.1 Å². The number of methoxy groups -OCH3 is 1. The number of anilines is 2. The molecular weight excluding hydrogens is 214 g/mol. The summed E-state index contributed by atoms with van der Waals surface area (Å²) in [5.41, 5.74) is 3.22. The average molecular weight is 227 g/mol. The van der Waals surface area contributed by atoms with Crippen LogP contribution in [0.3, 0.4) is 0 Å². The molecule has 0 fully saturated rings. The smallest absolute Gasteiger partial charge is 0.142 e. The van der Waals surface area contributed by atoms with Gasteiger partial charge in [-0.2, -0.15) is 0 Å². The predicted octanol–water partition coefficient (Wildman–Crippen LogP) is 3.33. The van der Waals surface area contributed by atoms with Crippen molar-refractivity contribution >= 4 is 11.4 Å². The monoisotopic (exact) mass is 227 g/mol. The van der Waals surface area contributed by atoms with Gasteiger partial charge in [-0.25, -0.2) is 0 Å². The first-order valence-corrected chi connectivity index (χ1v) is 5.52. The molecule has 0 atom stereocenters. The molecule has 1 heterocycles. The highest BCUT2D eigenvalue weighted by molar-refractivity contribution is 5.68. The molecule has 0 aliphatic carbocycles. The summed E-state index contributed by atoms with van der Waals surface area (Å²) in [6.07, 6.45) is 0. The summed E-state index contributed by atoms with van der Waals surface area (Å²) in [7, 11) is 1.67. The quantitative estimate of drug-likeness (QED) is 0.872. The SMILES string of the molecule is COc1ccccc1Nc1ccc2c(c1)OC2. The van der Waals surface area contributed by atoms with Crippen LogP contribution in [-0.4, -0.2) is 7.11 Å². The van der Waals surface area contributed by atoms with Crippen LogP contribution in [-0.2, 0) is 6.61 Å². The minimum absolute atomic E-state index is 0.726. The summed E-state index contributed by atoms with van der Waals surface area (Å²) in [4.78, 5) is 0. The number of hydrogen-bond donors (Lipinski definition) is 1. The highest BCUT2D eigenvalue weighted by atomic mass is 16.5. The van der Waals surface area contributed by atoms with Crippen LogP contribution < -0.4 is 14.8 Å². The number of fused-ring (bicyclic) bond motifs is 1. The van der Waals surface area contributed by atoms with Gasteiger partial charge in [0.15, 0.2) is 0 Å². The average Bonchev–Trinajstić information content (AvgIpc) is 2.33.